The smallest absolute Gasteiger partial charge is 0.161 e. The second-order valence-electron chi connectivity index (χ2n) is 4.16. The standard InChI is InChI=1S/C14H18N2O2S/c1-10-16-8-12(19-10)9-18-13-4-3-11(5-6-15)7-14(13)17-2/h3-4,7-8H,5-6,9,15H2,1-2H3. The summed E-state index contributed by atoms with van der Waals surface area (Å²) < 4.78 is 11.1. The molecule has 1 aromatic heterocycles. The molecular formula is C14H18N2O2S. The van der Waals surface area contributed by atoms with Gasteiger partial charge in [-0.2, -0.15) is 0 Å². The summed E-state index contributed by atoms with van der Waals surface area (Å²) in [4.78, 5) is 5.31. The van der Waals surface area contributed by atoms with E-state index >= 15 is 0 Å². The minimum absolute atomic E-state index is 0.512. The zero-order valence-corrected chi connectivity index (χ0v) is 12.0. The van der Waals surface area contributed by atoms with Crippen LogP contribution in [-0.2, 0) is 13.0 Å². The Kier molecular flexibility index (Phi) is 4.76. The molecule has 2 N–H and O–H groups in total. The predicted molar refractivity (Wildman–Crippen MR) is 76.9 cm³/mol. The van der Waals surface area contributed by atoms with Gasteiger partial charge in [0.2, 0.25) is 0 Å². The molecule has 0 unspecified atom stereocenters. The van der Waals surface area contributed by atoms with Gasteiger partial charge in [0, 0.05) is 6.20 Å². The maximum absolute atomic E-state index is 5.77. The van der Waals surface area contributed by atoms with Gasteiger partial charge in [-0.05, 0) is 37.6 Å². The molecule has 0 spiro atoms. The van der Waals surface area contributed by atoms with Crippen LogP contribution < -0.4 is 15.2 Å². The molecule has 0 saturated carbocycles. The number of rotatable bonds is 6. The monoisotopic (exact) mass is 278 g/mol. The summed E-state index contributed by atoms with van der Waals surface area (Å²) >= 11 is 1.64. The van der Waals surface area contributed by atoms with E-state index in [1.807, 2.05) is 31.3 Å². The molecule has 2 aromatic rings. The zero-order chi connectivity index (χ0) is 13.7. The van der Waals surface area contributed by atoms with E-state index in [-0.39, 0.29) is 0 Å². The summed E-state index contributed by atoms with van der Waals surface area (Å²) in [5.41, 5.74) is 6.70. The van der Waals surface area contributed by atoms with Gasteiger partial charge in [0.1, 0.15) is 6.61 Å². The van der Waals surface area contributed by atoms with Crippen LogP contribution in [-0.4, -0.2) is 18.6 Å². The summed E-state index contributed by atoms with van der Waals surface area (Å²) in [6.45, 7) is 3.12. The summed E-state index contributed by atoms with van der Waals surface area (Å²) in [6, 6.07) is 5.92. The lowest BCUT2D eigenvalue weighted by Crippen LogP contribution is -2.03. The van der Waals surface area contributed by atoms with E-state index in [0.29, 0.717) is 13.2 Å². The third kappa shape index (κ3) is 3.68. The van der Waals surface area contributed by atoms with Crippen LogP contribution in [0, 0.1) is 6.92 Å². The van der Waals surface area contributed by atoms with Crippen molar-refractivity contribution in [2.45, 2.75) is 20.0 Å². The van der Waals surface area contributed by atoms with Crippen LogP contribution in [0.4, 0.5) is 0 Å². The van der Waals surface area contributed by atoms with E-state index in [9.17, 15) is 0 Å². The van der Waals surface area contributed by atoms with E-state index < -0.39 is 0 Å². The van der Waals surface area contributed by atoms with Crippen LogP contribution in [0.3, 0.4) is 0 Å². The van der Waals surface area contributed by atoms with Gasteiger partial charge in [0.15, 0.2) is 11.5 Å². The molecule has 19 heavy (non-hydrogen) atoms. The average molecular weight is 278 g/mol. The Morgan fingerprint density at radius 1 is 1.32 bits per heavy atom. The molecule has 0 amide bonds. The van der Waals surface area contributed by atoms with Crippen molar-refractivity contribution in [1.82, 2.24) is 4.98 Å². The Labute approximate surface area is 117 Å². The molecular weight excluding hydrogens is 260 g/mol. The van der Waals surface area contributed by atoms with Gasteiger partial charge in [-0.15, -0.1) is 11.3 Å². The number of benzene rings is 1. The molecule has 0 atom stereocenters. The van der Waals surface area contributed by atoms with Crippen molar-refractivity contribution in [3.8, 4) is 11.5 Å². The molecule has 0 bridgehead atoms. The van der Waals surface area contributed by atoms with Crippen LogP contribution in [0.5, 0.6) is 11.5 Å². The lowest BCUT2D eigenvalue weighted by molar-refractivity contribution is 0.287. The molecule has 0 aliphatic carbocycles. The maximum Gasteiger partial charge on any atom is 0.161 e. The molecule has 4 nitrogen and oxygen atoms in total. The van der Waals surface area contributed by atoms with Crippen molar-refractivity contribution in [1.29, 1.82) is 0 Å². The minimum atomic E-state index is 0.512. The first-order chi connectivity index (χ1) is 9.22. The van der Waals surface area contributed by atoms with Crippen LogP contribution >= 0.6 is 11.3 Å². The highest BCUT2D eigenvalue weighted by Gasteiger charge is 2.07. The second-order valence-corrected chi connectivity index (χ2v) is 5.48. The van der Waals surface area contributed by atoms with Gasteiger partial charge in [-0.1, -0.05) is 6.07 Å². The quantitative estimate of drug-likeness (QED) is 0.882. The normalized spacial score (nSPS) is 10.5. The van der Waals surface area contributed by atoms with E-state index in [1.165, 1.54) is 0 Å². The number of ether oxygens (including phenoxy) is 2. The van der Waals surface area contributed by atoms with E-state index in [2.05, 4.69) is 4.98 Å². The first kappa shape index (κ1) is 13.8. The molecule has 5 heteroatoms. The third-order valence-corrected chi connectivity index (χ3v) is 3.59. The Bertz CT molecular complexity index is 540. The van der Waals surface area contributed by atoms with Crippen LogP contribution in [0.1, 0.15) is 15.4 Å². The summed E-state index contributed by atoms with van der Waals surface area (Å²) in [5.74, 6) is 1.49. The van der Waals surface area contributed by atoms with Crippen molar-refractivity contribution in [3.05, 3.63) is 39.8 Å². The first-order valence-corrected chi connectivity index (χ1v) is 6.95. The average Bonchev–Trinajstić information content (AvgIpc) is 2.83. The highest BCUT2D eigenvalue weighted by Crippen LogP contribution is 2.29. The van der Waals surface area contributed by atoms with Crippen LogP contribution in [0.2, 0.25) is 0 Å². The van der Waals surface area contributed by atoms with Gasteiger partial charge in [0.25, 0.3) is 0 Å². The summed E-state index contributed by atoms with van der Waals surface area (Å²) in [5, 5.41) is 1.05. The molecule has 1 aromatic carbocycles. The number of aromatic nitrogens is 1. The minimum Gasteiger partial charge on any atom is -0.493 e. The number of methoxy groups -OCH3 is 1. The maximum atomic E-state index is 5.77. The van der Waals surface area contributed by atoms with E-state index in [1.54, 1.807) is 18.4 Å². The third-order valence-electron chi connectivity index (χ3n) is 2.70. The molecule has 0 radical (unpaired) electrons. The van der Waals surface area contributed by atoms with Crippen LogP contribution in [0.15, 0.2) is 24.4 Å². The highest BCUT2D eigenvalue weighted by atomic mass is 32.1. The van der Waals surface area contributed by atoms with Crippen molar-refractivity contribution < 1.29 is 9.47 Å². The number of aryl methyl sites for hydroxylation is 1. The first-order valence-electron chi connectivity index (χ1n) is 6.14. The number of hydrogen-bond acceptors (Lipinski definition) is 5. The Morgan fingerprint density at radius 3 is 2.79 bits per heavy atom. The number of nitrogens with two attached hydrogens (primary N) is 1. The SMILES string of the molecule is COc1cc(CCN)ccc1OCc1cnc(C)s1. The Balaban J connectivity index is 2.06. The Hall–Kier alpha value is -1.59. The molecule has 2 rings (SSSR count). The molecule has 0 saturated heterocycles. The lowest BCUT2D eigenvalue weighted by Gasteiger charge is -2.11. The zero-order valence-electron chi connectivity index (χ0n) is 11.2. The number of hydrogen-bond donors (Lipinski definition) is 1. The van der Waals surface area contributed by atoms with Gasteiger partial charge in [-0.3, -0.25) is 0 Å². The fraction of sp³-hybridized carbons (Fsp3) is 0.357. The lowest BCUT2D eigenvalue weighted by atomic mass is 10.1. The molecule has 0 aliphatic heterocycles. The molecule has 0 aliphatic rings. The highest BCUT2D eigenvalue weighted by molar-refractivity contribution is 7.11. The van der Waals surface area contributed by atoms with E-state index in [4.69, 9.17) is 15.2 Å². The molecule has 1 heterocycles. The number of thiazole rings is 1. The summed E-state index contributed by atoms with van der Waals surface area (Å²) in [7, 11) is 1.64. The topological polar surface area (TPSA) is 57.4 Å². The molecule has 0 fully saturated rings. The van der Waals surface area contributed by atoms with E-state index in [0.717, 1.165) is 33.4 Å². The second kappa shape index (κ2) is 6.54. The largest absolute Gasteiger partial charge is 0.493 e. The van der Waals surface area contributed by atoms with Crippen molar-refractivity contribution in [2.75, 3.05) is 13.7 Å². The van der Waals surface area contributed by atoms with Gasteiger partial charge in [0.05, 0.1) is 17.0 Å². The fourth-order valence-corrected chi connectivity index (χ4v) is 2.48. The fourth-order valence-electron chi connectivity index (χ4n) is 1.77. The summed E-state index contributed by atoms with van der Waals surface area (Å²) in [6.07, 6.45) is 2.68. The van der Waals surface area contributed by atoms with Crippen molar-refractivity contribution >= 4 is 11.3 Å². The Morgan fingerprint density at radius 2 is 2.16 bits per heavy atom. The van der Waals surface area contributed by atoms with Crippen molar-refractivity contribution in [3.63, 3.8) is 0 Å². The molecule has 102 valence electrons. The van der Waals surface area contributed by atoms with Gasteiger partial charge >= 0.3 is 0 Å². The predicted octanol–water partition coefficient (Wildman–Crippen LogP) is 2.54. The van der Waals surface area contributed by atoms with Gasteiger partial charge in [-0.25, -0.2) is 4.98 Å². The van der Waals surface area contributed by atoms with Crippen molar-refractivity contribution in [2.24, 2.45) is 5.73 Å². The number of nitrogens with zero attached hydrogens (tertiary/aromatic N) is 1. The van der Waals surface area contributed by atoms with Gasteiger partial charge < -0.3 is 15.2 Å². The van der Waals surface area contributed by atoms with Crippen LogP contribution in [0.25, 0.3) is 0 Å².